The van der Waals surface area contributed by atoms with Crippen molar-refractivity contribution in [2.75, 3.05) is 23.7 Å². The van der Waals surface area contributed by atoms with Gasteiger partial charge in [-0.2, -0.15) is 26.3 Å². The molecule has 3 aromatic carbocycles. The Hall–Kier alpha value is -4.19. The minimum absolute atomic E-state index is 0.00169. The third-order valence-electron chi connectivity index (χ3n) is 8.58. The van der Waals surface area contributed by atoms with E-state index in [0.29, 0.717) is 24.0 Å². The van der Waals surface area contributed by atoms with Gasteiger partial charge < -0.3 is 10.6 Å². The van der Waals surface area contributed by atoms with Crippen molar-refractivity contribution in [1.29, 1.82) is 0 Å². The molecule has 0 spiro atoms. The van der Waals surface area contributed by atoms with Gasteiger partial charge in [0.2, 0.25) is 0 Å². The lowest BCUT2D eigenvalue weighted by atomic mass is 9.73. The summed E-state index contributed by atoms with van der Waals surface area (Å²) in [5.41, 5.74) is -4.76. The molecule has 5 unspecified atom stereocenters. The van der Waals surface area contributed by atoms with E-state index in [-0.39, 0.29) is 17.8 Å². The Morgan fingerprint density at radius 3 is 2.26 bits per heavy atom. The molecule has 0 radical (unpaired) electrons. The second-order valence-corrected chi connectivity index (χ2v) is 11.2. The van der Waals surface area contributed by atoms with Gasteiger partial charge in [-0.25, -0.2) is 0 Å². The quantitative estimate of drug-likeness (QED) is 0.140. The molecular formula is C31H26F6N4O2. The van der Waals surface area contributed by atoms with Crippen molar-refractivity contribution >= 4 is 28.0 Å². The van der Waals surface area contributed by atoms with Crippen LogP contribution >= 0.6 is 0 Å². The number of hydrogen-bond acceptors (Lipinski definition) is 6. The maximum Gasteiger partial charge on any atom is 0.416 e. The van der Waals surface area contributed by atoms with Gasteiger partial charge in [0.15, 0.2) is 0 Å². The average Bonchev–Trinajstić information content (AvgIpc) is 2.99. The van der Waals surface area contributed by atoms with Gasteiger partial charge in [-0.05, 0) is 67.1 Å². The van der Waals surface area contributed by atoms with Crippen LogP contribution in [0, 0.1) is 11.8 Å². The summed E-state index contributed by atoms with van der Waals surface area (Å²) >= 11 is 0. The molecule has 4 aromatic rings. The maximum atomic E-state index is 13.4. The number of aromatic nitrogens is 1. The Bertz CT molecular complexity index is 1740. The van der Waals surface area contributed by atoms with Crippen LogP contribution in [0.5, 0.6) is 0 Å². The van der Waals surface area contributed by atoms with E-state index in [0.717, 1.165) is 42.4 Å². The van der Waals surface area contributed by atoms with E-state index in [2.05, 4.69) is 27.1 Å². The zero-order chi connectivity index (χ0) is 30.7. The van der Waals surface area contributed by atoms with Crippen molar-refractivity contribution in [2.45, 2.75) is 37.3 Å². The number of pyridine rings is 1. The molecule has 43 heavy (non-hydrogen) atoms. The summed E-state index contributed by atoms with van der Waals surface area (Å²) in [6.45, 7) is 5.51. The first-order chi connectivity index (χ1) is 20.3. The van der Waals surface area contributed by atoms with Gasteiger partial charge in [0.25, 0.3) is 10.9 Å². The standard InChI is InChI=1S/C31H26F6N4O2/c1-2-16-15-41-8-7-17(16)10-24(41)25(19-9-18-5-3-4-6-23(18)38-14-19)40-27-26(28(42)29(27)43)39-22-12-20(30(32,33)34)11-21(13-22)31(35,36)37/h2-6,9,11-14,16-17,24-25,39-40H,1,7-8,10,15H2. The minimum atomic E-state index is -5.07. The summed E-state index contributed by atoms with van der Waals surface area (Å²) < 4.78 is 80.6. The fraction of sp³-hybridized carbons (Fsp3) is 0.323. The highest BCUT2D eigenvalue weighted by atomic mass is 19.4. The van der Waals surface area contributed by atoms with Crippen LogP contribution in [-0.2, 0) is 12.4 Å². The highest BCUT2D eigenvalue weighted by Crippen LogP contribution is 2.43. The number of fused-ring (bicyclic) bond motifs is 4. The molecule has 7 rings (SSSR count). The van der Waals surface area contributed by atoms with Crippen LogP contribution in [0.3, 0.4) is 0 Å². The van der Waals surface area contributed by atoms with Crippen molar-refractivity contribution in [3.8, 4) is 0 Å². The highest BCUT2D eigenvalue weighted by molar-refractivity contribution is 5.81. The predicted molar refractivity (Wildman–Crippen MR) is 151 cm³/mol. The normalized spacial score (nSPS) is 22.9. The van der Waals surface area contributed by atoms with Crippen LogP contribution in [0.4, 0.5) is 43.4 Å². The molecule has 0 amide bonds. The molecule has 5 atom stereocenters. The van der Waals surface area contributed by atoms with Crippen LogP contribution in [-0.4, -0.2) is 29.0 Å². The Morgan fingerprint density at radius 1 is 0.953 bits per heavy atom. The molecule has 1 aromatic heterocycles. The Balaban J connectivity index is 1.38. The SMILES string of the molecule is C=CC1CN2CCC1CC2C(Nc1c(Nc2cc(C(F)(F)F)cc(C(F)(F)F)c2)c(=O)c1=O)c1cnc2ccccc2c1. The van der Waals surface area contributed by atoms with Gasteiger partial charge in [-0.1, -0.05) is 24.3 Å². The first-order valence-corrected chi connectivity index (χ1v) is 13.7. The maximum absolute atomic E-state index is 13.4. The smallest absolute Gasteiger partial charge is 0.371 e. The molecule has 3 saturated heterocycles. The van der Waals surface area contributed by atoms with Gasteiger partial charge in [-0.3, -0.25) is 19.5 Å². The van der Waals surface area contributed by atoms with Gasteiger partial charge in [-0.15, -0.1) is 6.58 Å². The number of piperidine rings is 3. The molecule has 224 valence electrons. The van der Waals surface area contributed by atoms with E-state index in [9.17, 15) is 35.9 Å². The highest BCUT2D eigenvalue weighted by Gasteiger charge is 2.43. The van der Waals surface area contributed by atoms with Gasteiger partial charge >= 0.3 is 12.4 Å². The number of para-hydroxylation sites is 1. The first-order valence-electron chi connectivity index (χ1n) is 13.7. The first kappa shape index (κ1) is 28.9. The lowest BCUT2D eigenvalue weighted by Crippen LogP contribution is -2.56. The summed E-state index contributed by atoms with van der Waals surface area (Å²) in [6.07, 6.45) is -4.80. The lowest BCUT2D eigenvalue weighted by Gasteiger charge is -2.51. The van der Waals surface area contributed by atoms with Crippen LogP contribution in [0.1, 0.15) is 35.6 Å². The number of nitrogens with zero attached hydrogens (tertiary/aromatic N) is 2. The molecule has 6 nitrogen and oxygen atoms in total. The van der Waals surface area contributed by atoms with Crippen molar-refractivity contribution < 1.29 is 26.3 Å². The molecule has 0 aliphatic carbocycles. The van der Waals surface area contributed by atoms with E-state index in [1.165, 1.54) is 0 Å². The van der Waals surface area contributed by atoms with E-state index in [1.54, 1.807) is 6.20 Å². The number of benzene rings is 2. The summed E-state index contributed by atoms with van der Waals surface area (Å²) in [6, 6.07) is 9.65. The lowest BCUT2D eigenvalue weighted by molar-refractivity contribution is -0.143. The topological polar surface area (TPSA) is 74.3 Å². The third-order valence-corrected chi connectivity index (χ3v) is 8.58. The van der Waals surface area contributed by atoms with Gasteiger partial charge in [0.1, 0.15) is 11.4 Å². The molecular weight excluding hydrogens is 574 g/mol. The van der Waals surface area contributed by atoms with E-state index in [1.807, 2.05) is 36.4 Å². The molecule has 12 heteroatoms. The molecule has 0 saturated carbocycles. The zero-order valence-electron chi connectivity index (χ0n) is 22.6. The van der Waals surface area contributed by atoms with Gasteiger partial charge in [0, 0.05) is 29.9 Å². The molecule has 4 heterocycles. The average molecular weight is 601 g/mol. The number of nitrogens with one attached hydrogen (secondary N) is 2. The molecule has 2 N–H and O–H groups in total. The molecule has 3 aliphatic heterocycles. The van der Waals surface area contributed by atoms with Gasteiger partial charge in [0.05, 0.1) is 22.7 Å². The van der Waals surface area contributed by atoms with Crippen LogP contribution in [0.25, 0.3) is 10.9 Å². The van der Waals surface area contributed by atoms with E-state index in [4.69, 9.17) is 0 Å². The summed E-state index contributed by atoms with van der Waals surface area (Å²) in [5, 5.41) is 6.38. The second kappa shape index (κ2) is 10.5. The Labute approximate surface area is 241 Å². The largest absolute Gasteiger partial charge is 0.416 e. The molecule has 2 bridgehead atoms. The van der Waals surface area contributed by atoms with Crippen molar-refractivity contribution in [3.05, 3.63) is 105 Å². The summed E-state index contributed by atoms with van der Waals surface area (Å²) in [7, 11) is 0. The van der Waals surface area contributed by atoms with Crippen LogP contribution < -0.4 is 21.5 Å². The Kier molecular flexibility index (Phi) is 7.07. The van der Waals surface area contributed by atoms with E-state index < -0.39 is 51.8 Å². The fourth-order valence-corrected chi connectivity index (χ4v) is 6.36. The number of halogens is 6. The molecule has 3 aliphatic rings. The summed E-state index contributed by atoms with van der Waals surface area (Å²) in [4.78, 5) is 32.3. The summed E-state index contributed by atoms with van der Waals surface area (Å²) in [5.74, 6) is 0.647. The number of hydrogen-bond donors (Lipinski definition) is 2. The number of alkyl halides is 6. The van der Waals surface area contributed by atoms with E-state index >= 15 is 0 Å². The van der Waals surface area contributed by atoms with Crippen molar-refractivity contribution in [3.63, 3.8) is 0 Å². The number of rotatable bonds is 7. The molecule has 3 fully saturated rings. The fourth-order valence-electron chi connectivity index (χ4n) is 6.36. The van der Waals surface area contributed by atoms with Crippen LogP contribution in [0.2, 0.25) is 0 Å². The van der Waals surface area contributed by atoms with Crippen molar-refractivity contribution in [1.82, 2.24) is 9.88 Å². The minimum Gasteiger partial charge on any atom is -0.371 e. The van der Waals surface area contributed by atoms with Crippen LogP contribution in [0.15, 0.2) is 77.0 Å². The van der Waals surface area contributed by atoms with Crippen molar-refractivity contribution in [2.24, 2.45) is 11.8 Å². The zero-order valence-corrected chi connectivity index (χ0v) is 22.6. The Morgan fingerprint density at radius 2 is 1.63 bits per heavy atom. The third kappa shape index (κ3) is 5.39. The monoisotopic (exact) mass is 600 g/mol. The number of anilines is 3. The predicted octanol–water partition coefficient (Wildman–Crippen LogP) is 6.66. The second-order valence-electron chi connectivity index (χ2n) is 11.2.